The van der Waals surface area contributed by atoms with Crippen molar-refractivity contribution in [1.29, 1.82) is 0 Å². The summed E-state index contributed by atoms with van der Waals surface area (Å²) in [5.74, 6) is 0. The SMILES string of the molecule is COC1CCN(C2CCN(C(=O)NC(c3ccccc3)c3ccccc3)CC2)C1. The molecular formula is C24H31N3O2. The molecule has 154 valence electrons. The second-order valence-corrected chi connectivity index (χ2v) is 8.06. The molecule has 4 rings (SSSR count). The van der Waals surface area contributed by atoms with Gasteiger partial charge in [-0.3, -0.25) is 4.90 Å². The first-order valence-electron chi connectivity index (χ1n) is 10.7. The van der Waals surface area contributed by atoms with E-state index in [0.29, 0.717) is 12.1 Å². The molecule has 0 radical (unpaired) electrons. The van der Waals surface area contributed by atoms with E-state index in [1.54, 1.807) is 7.11 Å². The minimum absolute atomic E-state index is 0.0253. The Morgan fingerprint density at radius 2 is 1.52 bits per heavy atom. The van der Waals surface area contributed by atoms with E-state index in [1.165, 1.54) is 0 Å². The molecule has 1 atom stereocenters. The van der Waals surface area contributed by atoms with Gasteiger partial charge in [-0.15, -0.1) is 0 Å². The number of carbonyl (C=O) groups is 1. The van der Waals surface area contributed by atoms with Gasteiger partial charge in [-0.1, -0.05) is 60.7 Å². The second-order valence-electron chi connectivity index (χ2n) is 8.06. The zero-order valence-electron chi connectivity index (χ0n) is 17.2. The van der Waals surface area contributed by atoms with E-state index in [4.69, 9.17) is 4.74 Å². The number of urea groups is 1. The number of ether oxygens (including phenoxy) is 1. The summed E-state index contributed by atoms with van der Waals surface area (Å²) in [5, 5.41) is 3.27. The number of hydrogen-bond donors (Lipinski definition) is 1. The Morgan fingerprint density at radius 3 is 2.03 bits per heavy atom. The van der Waals surface area contributed by atoms with Crippen LogP contribution >= 0.6 is 0 Å². The van der Waals surface area contributed by atoms with Crippen LogP contribution in [0.5, 0.6) is 0 Å². The van der Waals surface area contributed by atoms with Crippen LogP contribution in [0.1, 0.15) is 36.4 Å². The van der Waals surface area contributed by atoms with Gasteiger partial charge < -0.3 is 15.0 Å². The number of likely N-dealkylation sites (tertiary alicyclic amines) is 2. The van der Waals surface area contributed by atoms with Crippen molar-refractivity contribution in [1.82, 2.24) is 15.1 Å². The Hall–Kier alpha value is -2.37. The van der Waals surface area contributed by atoms with Crippen molar-refractivity contribution in [3.8, 4) is 0 Å². The molecule has 2 aliphatic heterocycles. The van der Waals surface area contributed by atoms with Crippen molar-refractivity contribution in [3.63, 3.8) is 0 Å². The third-order valence-corrected chi connectivity index (χ3v) is 6.31. The number of piperidine rings is 1. The number of rotatable bonds is 5. The van der Waals surface area contributed by atoms with Crippen LogP contribution in [0, 0.1) is 0 Å². The maximum Gasteiger partial charge on any atom is 0.318 e. The van der Waals surface area contributed by atoms with Crippen molar-refractivity contribution in [2.45, 2.75) is 37.5 Å². The van der Waals surface area contributed by atoms with Crippen LogP contribution in [-0.2, 0) is 4.74 Å². The largest absolute Gasteiger partial charge is 0.380 e. The number of benzene rings is 2. The highest BCUT2D eigenvalue weighted by Crippen LogP contribution is 2.25. The van der Waals surface area contributed by atoms with E-state index in [2.05, 4.69) is 34.5 Å². The van der Waals surface area contributed by atoms with Crippen LogP contribution in [0.2, 0.25) is 0 Å². The summed E-state index contributed by atoms with van der Waals surface area (Å²) in [6.45, 7) is 3.75. The zero-order valence-corrected chi connectivity index (χ0v) is 17.2. The molecule has 2 fully saturated rings. The minimum Gasteiger partial charge on any atom is -0.380 e. The summed E-state index contributed by atoms with van der Waals surface area (Å²) in [7, 11) is 1.80. The molecule has 2 aliphatic rings. The Morgan fingerprint density at radius 1 is 0.931 bits per heavy atom. The molecule has 1 unspecified atom stereocenters. The highest BCUT2D eigenvalue weighted by atomic mass is 16.5. The monoisotopic (exact) mass is 393 g/mol. The van der Waals surface area contributed by atoms with E-state index in [0.717, 1.165) is 56.6 Å². The molecule has 0 aromatic heterocycles. The Kier molecular flexibility index (Phi) is 6.47. The van der Waals surface area contributed by atoms with E-state index >= 15 is 0 Å². The maximum absolute atomic E-state index is 13.1. The van der Waals surface area contributed by atoms with Gasteiger partial charge >= 0.3 is 6.03 Å². The lowest BCUT2D eigenvalue weighted by molar-refractivity contribution is 0.0877. The Balaban J connectivity index is 1.38. The summed E-state index contributed by atoms with van der Waals surface area (Å²) in [6, 6.07) is 20.8. The molecule has 2 aromatic rings. The van der Waals surface area contributed by atoms with Crippen LogP contribution in [0.4, 0.5) is 4.79 Å². The number of methoxy groups -OCH3 is 1. The van der Waals surface area contributed by atoms with Gasteiger partial charge in [0, 0.05) is 39.3 Å². The number of carbonyl (C=O) groups excluding carboxylic acids is 1. The predicted molar refractivity (Wildman–Crippen MR) is 115 cm³/mol. The van der Waals surface area contributed by atoms with Gasteiger partial charge in [0.25, 0.3) is 0 Å². The second kappa shape index (κ2) is 9.42. The van der Waals surface area contributed by atoms with Gasteiger partial charge in [0.05, 0.1) is 12.1 Å². The molecule has 2 heterocycles. The van der Waals surface area contributed by atoms with Gasteiger partial charge in [0.2, 0.25) is 0 Å². The van der Waals surface area contributed by atoms with Gasteiger partial charge in [-0.2, -0.15) is 0 Å². The fourth-order valence-corrected chi connectivity index (χ4v) is 4.58. The number of amides is 2. The highest BCUT2D eigenvalue weighted by molar-refractivity contribution is 5.75. The molecule has 0 aliphatic carbocycles. The third-order valence-electron chi connectivity index (χ3n) is 6.31. The average Bonchev–Trinajstić information content (AvgIpc) is 3.28. The van der Waals surface area contributed by atoms with Crippen LogP contribution in [0.25, 0.3) is 0 Å². The lowest BCUT2D eigenvalue weighted by Crippen LogP contribution is -2.50. The molecule has 29 heavy (non-hydrogen) atoms. The van der Waals surface area contributed by atoms with Gasteiger partial charge in [-0.25, -0.2) is 4.79 Å². The first-order chi connectivity index (χ1) is 14.2. The maximum atomic E-state index is 13.1. The van der Waals surface area contributed by atoms with Crippen molar-refractivity contribution in [3.05, 3.63) is 71.8 Å². The van der Waals surface area contributed by atoms with Gasteiger partial charge in [-0.05, 0) is 30.4 Å². The standard InChI is InChI=1S/C24H31N3O2/c1-29-22-14-17-27(18-22)21-12-15-26(16-13-21)24(28)25-23(19-8-4-2-5-9-19)20-10-6-3-7-11-20/h2-11,21-23H,12-18H2,1H3,(H,25,28). The number of hydrogen-bond acceptors (Lipinski definition) is 3. The average molecular weight is 394 g/mol. The molecule has 2 aromatic carbocycles. The summed E-state index contributed by atoms with van der Waals surface area (Å²) in [6.07, 6.45) is 3.55. The summed E-state index contributed by atoms with van der Waals surface area (Å²) >= 11 is 0. The fraction of sp³-hybridized carbons (Fsp3) is 0.458. The van der Waals surface area contributed by atoms with E-state index in [1.807, 2.05) is 41.3 Å². The van der Waals surface area contributed by atoms with E-state index < -0.39 is 0 Å². The van der Waals surface area contributed by atoms with Crippen LogP contribution in [-0.4, -0.2) is 61.3 Å². The van der Waals surface area contributed by atoms with Crippen molar-refractivity contribution < 1.29 is 9.53 Å². The van der Waals surface area contributed by atoms with Gasteiger partial charge in [0.15, 0.2) is 0 Å². The van der Waals surface area contributed by atoms with E-state index in [-0.39, 0.29) is 12.1 Å². The molecule has 2 saturated heterocycles. The Bertz CT molecular complexity index is 736. The molecule has 0 bridgehead atoms. The first-order valence-corrected chi connectivity index (χ1v) is 10.7. The van der Waals surface area contributed by atoms with Crippen molar-refractivity contribution >= 4 is 6.03 Å². The van der Waals surface area contributed by atoms with Crippen molar-refractivity contribution in [2.75, 3.05) is 33.3 Å². The van der Waals surface area contributed by atoms with E-state index in [9.17, 15) is 4.79 Å². The van der Waals surface area contributed by atoms with Crippen LogP contribution in [0.3, 0.4) is 0 Å². The lowest BCUT2D eigenvalue weighted by atomic mass is 9.98. The number of nitrogens with zero attached hydrogens (tertiary/aromatic N) is 2. The van der Waals surface area contributed by atoms with Crippen LogP contribution in [0.15, 0.2) is 60.7 Å². The quantitative estimate of drug-likeness (QED) is 0.843. The molecule has 5 nitrogen and oxygen atoms in total. The lowest BCUT2D eigenvalue weighted by Gasteiger charge is -2.37. The molecule has 5 heteroatoms. The molecule has 2 amide bonds. The highest BCUT2D eigenvalue weighted by Gasteiger charge is 2.32. The smallest absolute Gasteiger partial charge is 0.318 e. The summed E-state index contributed by atoms with van der Waals surface area (Å²) in [5.41, 5.74) is 2.20. The normalized spacial score (nSPS) is 20.9. The van der Waals surface area contributed by atoms with Crippen LogP contribution < -0.4 is 5.32 Å². The summed E-state index contributed by atoms with van der Waals surface area (Å²) < 4.78 is 5.50. The summed E-state index contributed by atoms with van der Waals surface area (Å²) in [4.78, 5) is 17.6. The molecule has 0 saturated carbocycles. The first kappa shape index (κ1) is 19.9. The minimum atomic E-state index is -0.135. The fourth-order valence-electron chi connectivity index (χ4n) is 4.58. The van der Waals surface area contributed by atoms with Gasteiger partial charge in [0.1, 0.15) is 0 Å². The Labute approximate surface area is 173 Å². The molecule has 0 spiro atoms. The topological polar surface area (TPSA) is 44.8 Å². The molecule has 1 N–H and O–H groups in total. The zero-order chi connectivity index (χ0) is 20.1. The number of nitrogens with one attached hydrogen (secondary N) is 1. The predicted octanol–water partition coefficient (Wildman–Crippen LogP) is 3.67. The van der Waals surface area contributed by atoms with Crippen molar-refractivity contribution in [2.24, 2.45) is 0 Å². The third kappa shape index (κ3) is 4.80. The molecular weight excluding hydrogens is 362 g/mol.